The molecule has 0 aliphatic carbocycles. The topological polar surface area (TPSA) is 77.3 Å². The molecule has 0 aromatic heterocycles. The van der Waals surface area contributed by atoms with E-state index in [0.717, 1.165) is 0 Å². The van der Waals surface area contributed by atoms with Crippen LogP contribution in [-0.2, 0) is 0 Å². The van der Waals surface area contributed by atoms with Crippen LogP contribution in [0.15, 0.2) is 23.2 Å². The van der Waals surface area contributed by atoms with Crippen molar-refractivity contribution < 1.29 is 4.79 Å². The maximum Gasteiger partial charge on any atom is 0.252 e. The zero-order chi connectivity index (χ0) is 14.3. The molecule has 0 aliphatic heterocycles. The van der Waals surface area contributed by atoms with Gasteiger partial charge in [0, 0.05) is 6.54 Å². The molecule has 0 unspecified atom stereocenters. The molecule has 0 saturated carbocycles. The van der Waals surface area contributed by atoms with Crippen LogP contribution in [-0.4, -0.2) is 23.9 Å². The molecule has 2 N–H and O–H groups in total. The van der Waals surface area contributed by atoms with Crippen molar-refractivity contribution in [3.05, 3.63) is 28.8 Å². The minimum absolute atomic E-state index is 0.219. The molecular formula is C12H13ClN4OS. The predicted octanol–water partition coefficient (Wildman–Crippen LogP) is 2.51. The lowest BCUT2D eigenvalue weighted by Gasteiger charge is -2.06. The fourth-order valence-electron chi connectivity index (χ4n) is 1.30. The molecular weight excluding hydrogens is 284 g/mol. The van der Waals surface area contributed by atoms with Crippen LogP contribution < -0.4 is 10.6 Å². The number of nitriles is 1. The third-order valence-electron chi connectivity index (χ3n) is 2.12. The van der Waals surface area contributed by atoms with E-state index in [1.165, 1.54) is 11.8 Å². The van der Waals surface area contributed by atoms with Gasteiger partial charge in [-0.25, -0.2) is 4.99 Å². The molecule has 7 heteroatoms. The number of benzene rings is 1. The van der Waals surface area contributed by atoms with Crippen molar-refractivity contribution >= 4 is 40.1 Å². The lowest BCUT2D eigenvalue weighted by Crippen LogP contribution is -2.22. The Morgan fingerprint density at radius 3 is 2.84 bits per heavy atom. The molecule has 100 valence electrons. The second kappa shape index (κ2) is 7.67. The molecule has 0 aliphatic rings. The molecule has 0 fully saturated rings. The third kappa shape index (κ3) is 4.47. The average molecular weight is 297 g/mol. The van der Waals surface area contributed by atoms with Gasteiger partial charge < -0.3 is 5.32 Å². The van der Waals surface area contributed by atoms with Crippen LogP contribution in [0.1, 0.15) is 17.3 Å². The number of amidine groups is 1. The summed E-state index contributed by atoms with van der Waals surface area (Å²) in [6.07, 6.45) is 3.60. The molecule has 1 amide bonds. The molecule has 0 saturated heterocycles. The molecule has 0 heterocycles. The van der Waals surface area contributed by atoms with Gasteiger partial charge in [-0.2, -0.15) is 5.26 Å². The van der Waals surface area contributed by atoms with E-state index in [-0.39, 0.29) is 5.91 Å². The molecule has 1 aromatic rings. The normalized spacial score (nSPS) is 10.7. The molecule has 0 spiro atoms. The Morgan fingerprint density at radius 1 is 1.58 bits per heavy atom. The number of nitrogens with one attached hydrogen (secondary N) is 2. The van der Waals surface area contributed by atoms with E-state index in [0.29, 0.717) is 28.0 Å². The van der Waals surface area contributed by atoms with Gasteiger partial charge >= 0.3 is 0 Å². The van der Waals surface area contributed by atoms with Crippen LogP contribution in [0.5, 0.6) is 0 Å². The van der Waals surface area contributed by atoms with E-state index in [1.807, 2.05) is 6.92 Å². The van der Waals surface area contributed by atoms with Crippen molar-refractivity contribution in [2.75, 3.05) is 12.8 Å². The van der Waals surface area contributed by atoms with Gasteiger partial charge in [-0.3, -0.25) is 10.1 Å². The molecule has 5 nitrogen and oxygen atoms in total. The van der Waals surface area contributed by atoms with Gasteiger partial charge in [0.15, 0.2) is 11.4 Å². The quantitative estimate of drug-likeness (QED) is 0.389. The zero-order valence-corrected chi connectivity index (χ0v) is 12.1. The average Bonchev–Trinajstić information content (AvgIpc) is 2.38. The van der Waals surface area contributed by atoms with E-state index in [1.54, 1.807) is 30.6 Å². The number of amides is 1. The lowest BCUT2D eigenvalue weighted by atomic mass is 10.2. The maximum absolute atomic E-state index is 11.7. The number of hydrogen-bond donors (Lipinski definition) is 2. The molecule has 1 rings (SSSR count). The Bertz CT molecular complexity index is 539. The minimum atomic E-state index is -0.219. The molecule has 1 aromatic carbocycles. The van der Waals surface area contributed by atoms with E-state index >= 15 is 0 Å². The summed E-state index contributed by atoms with van der Waals surface area (Å²) in [6, 6.07) is 4.86. The summed E-state index contributed by atoms with van der Waals surface area (Å²) < 4.78 is 0. The summed E-state index contributed by atoms with van der Waals surface area (Å²) in [5.41, 5.74) is 0.978. The Labute approximate surface area is 121 Å². The molecule has 0 atom stereocenters. The van der Waals surface area contributed by atoms with Gasteiger partial charge in [-0.1, -0.05) is 23.4 Å². The van der Waals surface area contributed by atoms with E-state index in [4.69, 9.17) is 16.9 Å². The van der Waals surface area contributed by atoms with Crippen molar-refractivity contribution in [3.63, 3.8) is 0 Å². The van der Waals surface area contributed by atoms with Crippen LogP contribution in [0, 0.1) is 11.5 Å². The van der Waals surface area contributed by atoms with Crippen molar-refractivity contribution in [2.45, 2.75) is 6.92 Å². The van der Waals surface area contributed by atoms with Gasteiger partial charge in [0.25, 0.3) is 5.91 Å². The number of hydrogen-bond acceptors (Lipinski definition) is 4. The van der Waals surface area contributed by atoms with E-state index in [9.17, 15) is 4.79 Å². The number of aliphatic imine (C=N–C) groups is 1. The Balaban J connectivity index is 3.00. The van der Waals surface area contributed by atoms with Crippen LogP contribution in [0.4, 0.5) is 5.69 Å². The highest BCUT2D eigenvalue weighted by atomic mass is 35.5. The summed E-state index contributed by atoms with van der Waals surface area (Å²) in [5, 5.41) is 14.5. The first-order chi connectivity index (χ1) is 9.12. The largest absolute Gasteiger partial charge is 0.352 e. The SMILES string of the molecule is CCNC(=O)c1ccc(N=C(NC#N)SC)cc1Cl. The van der Waals surface area contributed by atoms with Gasteiger partial charge in [-0.05, 0) is 31.4 Å². The number of carbonyl (C=O) groups is 1. The van der Waals surface area contributed by atoms with Gasteiger partial charge in [0.05, 0.1) is 16.3 Å². The predicted molar refractivity (Wildman–Crippen MR) is 78.8 cm³/mol. The second-order valence-corrected chi connectivity index (χ2v) is 4.58. The smallest absolute Gasteiger partial charge is 0.252 e. The van der Waals surface area contributed by atoms with Crippen molar-refractivity contribution in [1.29, 1.82) is 5.26 Å². The van der Waals surface area contributed by atoms with Gasteiger partial charge in [0.2, 0.25) is 0 Å². The first-order valence-corrected chi connectivity index (χ1v) is 7.08. The van der Waals surface area contributed by atoms with Crippen LogP contribution >= 0.6 is 23.4 Å². The number of rotatable bonds is 3. The van der Waals surface area contributed by atoms with Crippen molar-refractivity contribution in [1.82, 2.24) is 10.6 Å². The highest BCUT2D eigenvalue weighted by Crippen LogP contribution is 2.23. The lowest BCUT2D eigenvalue weighted by molar-refractivity contribution is 0.0956. The fourth-order valence-corrected chi connectivity index (χ4v) is 1.91. The van der Waals surface area contributed by atoms with Crippen LogP contribution in [0.25, 0.3) is 0 Å². The number of carbonyl (C=O) groups excluding carboxylic acids is 1. The maximum atomic E-state index is 11.7. The standard InChI is InChI=1S/C12H13ClN4OS/c1-3-15-11(18)9-5-4-8(6-10(9)13)17-12(19-2)16-7-14/h4-6H,3H2,1-2H3,(H,15,18)(H,16,17). The highest BCUT2D eigenvalue weighted by Gasteiger charge is 2.09. The third-order valence-corrected chi connectivity index (χ3v) is 3.01. The number of halogens is 1. The van der Waals surface area contributed by atoms with Gasteiger partial charge in [-0.15, -0.1) is 0 Å². The summed E-state index contributed by atoms with van der Waals surface area (Å²) in [5.74, 6) is -0.219. The molecule has 0 bridgehead atoms. The second-order valence-electron chi connectivity index (χ2n) is 3.38. The number of nitrogens with zero attached hydrogens (tertiary/aromatic N) is 2. The summed E-state index contributed by atoms with van der Waals surface area (Å²) >= 11 is 7.35. The Kier molecular flexibility index (Phi) is 6.19. The fraction of sp³-hybridized carbons (Fsp3) is 0.250. The first-order valence-electron chi connectivity index (χ1n) is 5.47. The summed E-state index contributed by atoms with van der Waals surface area (Å²) in [6.45, 7) is 2.38. The monoisotopic (exact) mass is 296 g/mol. The number of thioether (sulfide) groups is 1. The van der Waals surface area contributed by atoms with E-state index in [2.05, 4.69) is 15.6 Å². The highest BCUT2D eigenvalue weighted by molar-refractivity contribution is 8.13. The van der Waals surface area contributed by atoms with Crippen LogP contribution in [0.3, 0.4) is 0 Å². The van der Waals surface area contributed by atoms with Gasteiger partial charge in [0.1, 0.15) is 0 Å². The minimum Gasteiger partial charge on any atom is -0.352 e. The Morgan fingerprint density at radius 2 is 2.32 bits per heavy atom. The summed E-state index contributed by atoms with van der Waals surface area (Å²) in [4.78, 5) is 15.9. The van der Waals surface area contributed by atoms with E-state index < -0.39 is 0 Å². The summed E-state index contributed by atoms with van der Waals surface area (Å²) in [7, 11) is 0. The zero-order valence-electron chi connectivity index (χ0n) is 10.5. The van der Waals surface area contributed by atoms with Crippen molar-refractivity contribution in [2.24, 2.45) is 4.99 Å². The molecule has 0 radical (unpaired) electrons. The Hall–Kier alpha value is -1.71. The van der Waals surface area contributed by atoms with Crippen molar-refractivity contribution in [3.8, 4) is 6.19 Å². The first kappa shape index (κ1) is 15.3. The molecule has 19 heavy (non-hydrogen) atoms. The van der Waals surface area contributed by atoms with Crippen LogP contribution in [0.2, 0.25) is 5.02 Å².